The van der Waals surface area contributed by atoms with Crippen molar-refractivity contribution in [3.63, 3.8) is 0 Å². The Bertz CT molecular complexity index is 756. The minimum Gasteiger partial charge on any atom is -0.380 e. The topological polar surface area (TPSA) is 90.4 Å². The monoisotopic (exact) mass is 328 g/mol. The number of carbonyl (C=O) groups excluding carboxylic acids is 2. The molecule has 0 aliphatic carbocycles. The van der Waals surface area contributed by atoms with Gasteiger partial charge < -0.3 is 15.4 Å². The second-order valence-corrected chi connectivity index (χ2v) is 5.86. The molecule has 0 unspecified atom stereocenters. The smallest absolute Gasteiger partial charge is 0.258 e. The molecule has 24 heavy (non-hydrogen) atoms. The fourth-order valence-electron chi connectivity index (χ4n) is 3.07. The summed E-state index contributed by atoms with van der Waals surface area (Å²) in [5.74, 6) is -0.769. The van der Waals surface area contributed by atoms with Crippen LogP contribution in [0.2, 0.25) is 0 Å². The summed E-state index contributed by atoms with van der Waals surface area (Å²) in [4.78, 5) is 26.1. The van der Waals surface area contributed by atoms with E-state index in [1.165, 1.54) is 11.1 Å². The zero-order valence-corrected chi connectivity index (χ0v) is 13.7. The van der Waals surface area contributed by atoms with Gasteiger partial charge in [0.15, 0.2) is 0 Å². The number of rotatable bonds is 4. The summed E-state index contributed by atoms with van der Waals surface area (Å²) in [6.45, 7) is 2.18. The molecule has 3 rings (SSSR count). The van der Waals surface area contributed by atoms with Gasteiger partial charge in [0.1, 0.15) is 6.04 Å². The van der Waals surface area contributed by atoms with E-state index in [2.05, 4.69) is 5.10 Å². The van der Waals surface area contributed by atoms with E-state index in [4.69, 9.17) is 10.5 Å². The largest absolute Gasteiger partial charge is 0.380 e. The first-order chi connectivity index (χ1) is 11.5. The van der Waals surface area contributed by atoms with Crippen molar-refractivity contribution in [2.45, 2.75) is 25.5 Å². The molecule has 2 heterocycles. The van der Waals surface area contributed by atoms with Gasteiger partial charge in [-0.2, -0.15) is 5.10 Å². The minimum absolute atomic E-state index is 0.184. The van der Waals surface area contributed by atoms with E-state index in [1.807, 2.05) is 37.3 Å². The summed E-state index contributed by atoms with van der Waals surface area (Å²) >= 11 is 0. The molecule has 0 bridgehead atoms. The molecule has 2 aromatic rings. The van der Waals surface area contributed by atoms with Crippen LogP contribution in [0.15, 0.2) is 36.5 Å². The number of carbonyl (C=O) groups is 2. The van der Waals surface area contributed by atoms with E-state index in [-0.39, 0.29) is 12.0 Å². The molecule has 1 aliphatic rings. The van der Waals surface area contributed by atoms with Gasteiger partial charge in [-0.15, -0.1) is 0 Å². The van der Waals surface area contributed by atoms with Gasteiger partial charge in [-0.25, -0.2) is 4.68 Å². The molecule has 2 amide bonds. The first kappa shape index (κ1) is 16.2. The van der Waals surface area contributed by atoms with E-state index in [9.17, 15) is 9.59 Å². The van der Waals surface area contributed by atoms with Crippen molar-refractivity contribution in [2.24, 2.45) is 5.73 Å². The van der Waals surface area contributed by atoms with Gasteiger partial charge in [-0.1, -0.05) is 18.2 Å². The number of methoxy groups -OCH3 is 1. The van der Waals surface area contributed by atoms with Crippen molar-refractivity contribution in [2.75, 3.05) is 13.7 Å². The number of aromatic nitrogens is 2. The third kappa shape index (κ3) is 2.78. The Morgan fingerprint density at radius 3 is 2.62 bits per heavy atom. The molecular weight excluding hydrogens is 308 g/mol. The number of nitrogens with zero attached hydrogens (tertiary/aromatic N) is 3. The van der Waals surface area contributed by atoms with Crippen molar-refractivity contribution in [3.05, 3.63) is 47.8 Å². The van der Waals surface area contributed by atoms with Gasteiger partial charge in [0.25, 0.3) is 5.91 Å². The fourth-order valence-corrected chi connectivity index (χ4v) is 3.07. The first-order valence-corrected chi connectivity index (χ1v) is 7.76. The highest BCUT2D eigenvalue weighted by molar-refractivity contribution is 5.98. The third-order valence-corrected chi connectivity index (χ3v) is 4.43. The molecule has 126 valence electrons. The zero-order chi connectivity index (χ0) is 17.3. The van der Waals surface area contributed by atoms with Crippen molar-refractivity contribution in [3.8, 4) is 5.69 Å². The Labute approximate surface area is 140 Å². The third-order valence-electron chi connectivity index (χ3n) is 4.43. The number of hydrogen-bond acceptors (Lipinski definition) is 4. The lowest BCUT2D eigenvalue weighted by molar-refractivity contribution is -0.121. The van der Waals surface area contributed by atoms with E-state index < -0.39 is 11.9 Å². The van der Waals surface area contributed by atoms with Gasteiger partial charge in [0, 0.05) is 20.1 Å². The predicted molar refractivity (Wildman–Crippen MR) is 87.7 cm³/mol. The molecule has 1 aromatic heterocycles. The molecule has 7 nitrogen and oxygen atoms in total. The second-order valence-electron chi connectivity index (χ2n) is 5.86. The lowest BCUT2D eigenvalue weighted by Crippen LogP contribution is -2.43. The molecule has 2 atom stereocenters. The van der Waals surface area contributed by atoms with Crippen molar-refractivity contribution >= 4 is 11.8 Å². The van der Waals surface area contributed by atoms with E-state index in [0.29, 0.717) is 18.5 Å². The van der Waals surface area contributed by atoms with Gasteiger partial charge in [-0.05, 0) is 19.1 Å². The van der Waals surface area contributed by atoms with Crippen LogP contribution in [0.3, 0.4) is 0 Å². The van der Waals surface area contributed by atoms with Gasteiger partial charge in [0.05, 0.1) is 29.2 Å². The summed E-state index contributed by atoms with van der Waals surface area (Å²) < 4.78 is 6.99. The van der Waals surface area contributed by atoms with Crippen LogP contribution in [0.5, 0.6) is 0 Å². The molecule has 1 fully saturated rings. The Morgan fingerprint density at radius 2 is 2.00 bits per heavy atom. The fraction of sp³-hybridized carbons (Fsp3) is 0.353. The predicted octanol–water partition coefficient (Wildman–Crippen LogP) is 0.896. The van der Waals surface area contributed by atoms with E-state index in [0.717, 1.165) is 11.4 Å². The molecule has 2 N–H and O–H groups in total. The molecule has 1 aromatic carbocycles. The second kappa shape index (κ2) is 6.45. The van der Waals surface area contributed by atoms with Crippen LogP contribution < -0.4 is 5.73 Å². The molecule has 0 spiro atoms. The van der Waals surface area contributed by atoms with Crippen molar-refractivity contribution < 1.29 is 14.3 Å². The summed E-state index contributed by atoms with van der Waals surface area (Å²) in [6.07, 6.45) is 1.77. The highest BCUT2D eigenvalue weighted by atomic mass is 16.5. The number of para-hydroxylation sites is 1. The number of benzene rings is 1. The molecular formula is C17H20N4O3. The van der Waals surface area contributed by atoms with Crippen LogP contribution in [-0.2, 0) is 9.53 Å². The number of hydrogen-bond donors (Lipinski definition) is 1. The van der Waals surface area contributed by atoms with Gasteiger partial charge in [0.2, 0.25) is 5.91 Å². The van der Waals surface area contributed by atoms with Gasteiger partial charge >= 0.3 is 0 Å². The summed E-state index contributed by atoms with van der Waals surface area (Å²) in [5.41, 5.74) is 7.50. The highest BCUT2D eigenvalue weighted by Crippen LogP contribution is 2.24. The lowest BCUT2D eigenvalue weighted by Gasteiger charge is -2.21. The maximum atomic E-state index is 12.9. The zero-order valence-electron chi connectivity index (χ0n) is 13.7. The quantitative estimate of drug-likeness (QED) is 0.902. The number of primary amides is 1. The molecule has 7 heteroatoms. The summed E-state index contributed by atoms with van der Waals surface area (Å²) in [5, 5.41) is 4.31. The number of nitrogens with two attached hydrogens (primary N) is 1. The summed E-state index contributed by atoms with van der Waals surface area (Å²) in [6, 6.07) is 8.91. The maximum absolute atomic E-state index is 12.9. The number of amides is 2. The van der Waals surface area contributed by atoms with Gasteiger partial charge in [-0.3, -0.25) is 9.59 Å². The van der Waals surface area contributed by atoms with Crippen LogP contribution in [-0.4, -0.2) is 52.3 Å². The maximum Gasteiger partial charge on any atom is 0.258 e. The average Bonchev–Trinajstić information content (AvgIpc) is 3.19. The normalized spacial score (nSPS) is 20.3. The highest BCUT2D eigenvalue weighted by Gasteiger charge is 2.39. The SMILES string of the molecule is CO[C@H]1C[C@@H](C(N)=O)N(C(=O)c2cnn(-c3ccccc3)c2C)C1. The Hall–Kier alpha value is -2.67. The van der Waals surface area contributed by atoms with Crippen LogP contribution in [0.1, 0.15) is 22.5 Å². The van der Waals surface area contributed by atoms with Crippen molar-refractivity contribution in [1.29, 1.82) is 0 Å². The lowest BCUT2D eigenvalue weighted by atomic mass is 10.1. The minimum atomic E-state index is -0.651. The number of ether oxygens (including phenoxy) is 1. The van der Waals surface area contributed by atoms with Crippen LogP contribution in [0.25, 0.3) is 5.69 Å². The molecule has 0 saturated carbocycles. The average molecular weight is 328 g/mol. The van der Waals surface area contributed by atoms with Crippen molar-refractivity contribution in [1.82, 2.24) is 14.7 Å². The Balaban J connectivity index is 1.91. The van der Waals surface area contributed by atoms with Crippen LogP contribution in [0.4, 0.5) is 0 Å². The molecule has 1 saturated heterocycles. The van der Waals surface area contributed by atoms with E-state index >= 15 is 0 Å². The standard InChI is InChI=1S/C17H20N4O3/c1-11-14(9-19-21(11)12-6-4-3-5-7-12)17(23)20-10-13(24-2)8-15(20)16(18)22/h3-7,9,13,15H,8,10H2,1-2H3,(H2,18,22)/t13-,15-/m0/s1. The molecule has 0 radical (unpaired) electrons. The number of likely N-dealkylation sites (tertiary alicyclic amines) is 1. The first-order valence-electron chi connectivity index (χ1n) is 7.76. The Morgan fingerprint density at radius 1 is 1.29 bits per heavy atom. The molecule has 1 aliphatic heterocycles. The Kier molecular flexibility index (Phi) is 4.35. The van der Waals surface area contributed by atoms with Crippen LogP contribution >= 0.6 is 0 Å². The van der Waals surface area contributed by atoms with Crippen LogP contribution in [0, 0.1) is 6.92 Å². The summed E-state index contributed by atoms with van der Waals surface area (Å²) in [7, 11) is 1.56. The van der Waals surface area contributed by atoms with E-state index in [1.54, 1.807) is 11.8 Å².